The Balaban J connectivity index is 4.10. The Kier molecular flexibility index (Phi) is 8.16. The summed E-state index contributed by atoms with van der Waals surface area (Å²) in [5.41, 5.74) is 0. The average Bonchev–Trinajstić information content (AvgIpc) is 2.32. The van der Waals surface area contributed by atoms with Gasteiger partial charge in [0.2, 0.25) is 0 Å². The number of carboxylic acids is 1. The number of carbonyl (C=O) groups is 2. The van der Waals surface area contributed by atoms with E-state index in [9.17, 15) is 9.59 Å². The second-order valence-corrected chi connectivity index (χ2v) is 4.81. The van der Waals surface area contributed by atoms with E-state index in [0.29, 0.717) is 6.54 Å². The molecule has 0 aromatic rings. The van der Waals surface area contributed by atoms with Crippen LogP contribution < -0.4 is 5.32 Å². The zero-order chi connectivity index (χ0) is 14.1. The monoisotopic (exact) mass is 258 g/mol. The lowest BCUT2D eigenvalue weighted by atomic mass is 10.0. The van der Waals surface area contributed by atoms with Crippen LogP contribution in [0.15, 0.2) is 0 Å². The Labute approximate surface area is 110 Å². The van der Waals surface area contributed by atoms with Crippen LogP contribution in [0, 0.1) is 5.92 Å². The van der Waals surface area contributed by atoms with Crippen LogP contribution in [0.2, 0.25) is 0 Å². The quantitative estimate of drug-likeness (QED) is 0.702. The van der Waals surface area contributed by atoms with E-state index < -0.39 is 5.97 Å². The van der Waals surface area contributed by atoms with E-state index in [0.717, 1.165) is 19.3 Å². The normalized spacial score (nSPS) is 13.8. The summed E-state index contributed by atoms with van der Waals surface area (Å²) < 4.78 is 0. The molecule has 2 amide bonds. The first-order valence-electron chi connectivity index (χ1n) is 6.64. The van der Waals surface area contributed by atoms with Crippen molar-refractivity contribution in [1.29, 1.82) is 0 Å². The van der Waals surface area contributed by atoms with Crippen molar-refractivity contribution >= 4 is 12.0 Å². The van der Waals surface area contributed by atoms with Crippen LogP contribution >= 0.6 is 0 Å². The molecule has 2 N–H and O–H groups in total. The van der Waals surface area contributed by atoms with Crippen LogP contribution in [-0.4, -0.2) is 41.6 Å². The van der Waals surface area contributed by atoms with Gasteiger partial charge < -0.3 is 15.3 Å². The molecule has 0 spiro atoms. The minimum Gasteiger partial charge on any atom is -0.481 e. The summed E-state index contributed by atoms with van der Waals surface area (Å²) >= 11 is 0. The Bertz CT molecular complexity index is 269. The summed E-state index contributed by atoms with van der Waals surface area (Å²) in [7, 11) is 1.77. The number of carboxylic acid groups (broad SMARTS) is 1. The highest BCUT2D eigenvalue weighted by Crippen LogP contribution is 2.08. The molecule has 0 aromatic carbocycles. The number of carbonyl (C=O) groups excluding carboxylic acids is 1. The molecule has 0 radical (unpaired) electrons. The molecule has 0 fully saturated rings. The van der Waals surface area contributed by atoms with Gasteiger partial charge in [0.25, 0.3) is 0 Å². The van der Waals surface area contributed by atoms with Crippen LogP contribution in [-0.2, 0) is 4.79 Å². The van der Waals surface area contributed by atoms with Crippen LogP contribution in [0.5, 0.6) is 0 Å². The zero-order valence-electron chi connectivity index (χ0n) is 11.9. The molecule has 0 bridgehead atoms. The molecule has 106 valence electrons. The van der Waals surface area contributed by atoms with Crippen LogP contribution in [0.1, 0.15) is 46.5 Å². The maximum Gasteiger partial charge on any atom is 0.317 e. The van der Waals surface area contributed by atoms with E-state index in [1.165, 1.54) is 0 Å². The van der Waals surface area contributed by atoms with Gasteiger partial charge in [0.15, 0.2) is 0 Å². The summed E-state index contributed by atoms with van der Waals surface area (Å²) in [6, 6.07) is 0.0781. The number of nitrogens with zero attached hydrogens (tertiary/aromatic N) is 1. The number of hydrogen-bond acceptors (Lipinski definition) is 2. The van der Waals surface area contributed by atoms with E-state index in [2.05, 4.69) is 12.2 Å². The minimum absolute atomic E-state index is 0.00123. The molecule has 0 aliphatic rings. The molecular weight excluding hydrogens is 232 g/mol. The van der Waals surface area contributed by atoms with Crippen molar-refractivity contribution in [3.05, 3.63) is 0 Å². The first kappa shape index (κ1) is 16.7. The third-order valence-electron chi connectivity index (χ3n) is 3.27. The molecule has 5 heteroatoms. The summed E-state index contributed by atoms with van der Waals surface area (Å²) in [4.78, 5) is 24.1. The van der Waals surface area contributed by atoms with Crippen LogP contribution in [0.25, 0.3) is 0 Å². The van der Waals surface area contributed by atoms with E-state index in [4.69, 9.17) is 5.11 Å². The van der Waals surface area contributed by atoms with Gasteiger partial charge in [-0.05, 0) is 19.3 Å². The highest BCUT2D eigenvalue weighted by molar-refractivity contribution is 5.74. The lowest BCUT2D eigenvalue weighted by molar-refractivity contribution is -0.138. The summed E-state index contributed by atoms with van der Waals surface area (Å²) in [6.07, 6.45) is 2.86. The molecule has 2 atom stereocenters. The predicted octanol–water partition coefficient (Wildman–Crippen LogP) is 2.32. The number of nitrogens with one attached hydrogen (secondary N) is 1. The molecule has 0 rings (SSSR count). The van der Waals surface area contributed by atoms with Gasteiger partial charge in [-0.25, -0.2) is 4.79 Å². The Morgan fingerprint density at radius 3 is 2.39 bits per heavy atom. The van der Waals surface area contributed by atoms with Gasteiger partial charge in [-0.1, -0.05) is 26.7 Å². The van der Waals surface area contributed by atoms with E-state index in [1.807, 2.05) is 13.8 Å². The smallest absolute Gasteiger partial charge is 0.317 e. The standard InChI is InChI=1S/C13H26N2O3/c1-5-7-10(3)15(4)13(18)14-9-11(6-2)8-12(16)17/h10-11H,5-9H2,1-4H3,(H,14,18)(H,16,17). The highest BCUT2D eigenvalue weighted by Gasteiger charge is 2.17. The molecule has 5 nitrogen and oxygen atoms in total. The van der Waals surface area contributed by atoms with Gasteiger partial charge in [-0.15, -0.1) is 0 Å². The molecule has 0 saturated heterocycles. The SMILES string of the molecule is CCCC(C)N(C)C(=O)NCC(CC)CC(=O)O. The Hall–Kier alpha value is -1.26. The number of hydrogen-bond donors (Lipinski definition) is 2. The van der Waals surface area contributed by atoms with Crippen molar-refractivity contribution in [3.8, 4) is 0 Å². The maximum absolute atomic E-state index is 11.8. The fourth-order valence-corrected chi connectivity index (χ4v) is 1.78. The van der Waals surface area contributed by atoms with Gasteiger partial charge >= 0.3 is 12.0 Å². The van der Waals surface area contributed by atoms with Crippen molar-refractivity contribution < 1.29 is 14.7 Å². The van der Waals surface area contributed by atoms with Crippen molar-refractivity contribution in [2.24, 2.45) is 5.92 Å². The number of rotatable bonds is 8. The number of aliphatic carboxylic acids is 1. The molecule has 0 aliphatic carbocycles. The average molecular weight is 258 g/mol. The Morgan fingerprint density at radius 2 is 1.94 bits per heavy atom. The lowest BCUT2D eigenvalue weighted by Crippen LogP contribution is -2.44. The molecule has 18 heavy (non-hydrogen) atoms. The first-order chi connectivity index (χ1) is 8.42. The number of urea groups is 1. The van der Waals surface area contributed by atoms with Crippen LogP contribution in [0.4, 0.5) is 4.79 Å². The van der Waals surface area contributed by atoms with Crippen molar-refractivity contribution in [3.63, 3.8) is 0 Å². The molecule has 0 aliphatic heterocycles. The van der Waals surface area contributed by atoms with Crippen molar-refractivity contribution in [1.82, 2.24) is 10.2 Å². The van der Waals surface area contributed by atoms with Gasteiger partial charge in [-0.2, -0.15) is 0 Å². The van der Waals surface area contributed by atoms with Gasteiger partial charge in [0, 0.05) is 26.1 Å². The second-order valence-electron chi connectivity index (χ2n) is 4.81. The molecule has 0 heterocycles. The minimum atomic E-state index is -0.816. The van der Waals surface area contributed by atoms with E-state index in [1.54, 1.807) is 11.9 Å². The third kappa shape index (κ3) is 6.47. The van der Waals surface area contributed by atoms with Gasteiger partial charge in [0.1, 0.15) is 0 Å². The van der Waals surface area contributed by atoms with E-state index >= 15 is 0 Å². The zero-order valence-corrected chi connectivity index (χ0v) is 11.9. The molecule has 0 saturated carbocycles. The van der Waals surface area contributed by atoms with Gasteiger partial charge in [-0.3, -0.25) is 4.79 Å². The topological polar surface area (TPSA) is 69.6 Å². The molecule has 2 unspecified atom stereocenters. The largest absolute Gasteiger partial charge is 0.481 e. The highest BCUT2D eigenvalue weighted by atomic mass is 16.4. The lowest BCUT2D eigenvalue weighted by Gasteiger charge is -2.25. The van der Waals surface area contributed by atoms with E-state index in [-0.39, 0.29) is 24.4 Å². The summed E-state index contributed by atoms with van der Waals surface area (Å²) in [6.45, 7) is 6.45. The predicted molar refractivity (Wildman–Crippen MR) is 71.6 cm³/mol. The fourth-order valence-electron chi connectivity index (χ4n) is 1.78. The third-order valence-corrected chi connectivity index (χ3v) is 3.27. The molecule has 0 aromatic heterocycles. The number of amides is 2. The summed E-state index contributed by atoms with van der Waals surface area (Å²) in [5.74, 6) is -0.815. The summed E-state index contributed by atoms with van der Waals surface area (Å²) in [5, 5.41) is 11.5. The second kappa shape index (κ2) is 8.78. The van der Waals surface area contributed by atoms with Gasteiger partial charge in [0.05, 0.1) is 0 Å². The maximum atomic E-state index is 11.8. The van der Waals surface area contributed by atoms with Crippen molar-refractivity contribution in [2.45, 2.75) is 52.5 Å². The fraction of sp³-hybridized carbons (Fsp3) is 0.846. The Morgan fingerprint density at radius 1 is 1.33 bits per heavy atom. The first-order valence-corrected chi connectivity index (χ1v) is 6.64. The van der Waals surface area contributed by atoms with Crippen molar-refractivity contribution in [2.75, 3.05) is 13.6 Å². The molecular formula is C13H26N2O3. The van der Waals surface area contributed by atoms with Crippen LogP contribution in [0.3, 0.4) is 0 Å².